The van der Waals surface area contributed by atoms with E-state index in [4.69, 9.17) is 4.74 Å². The third kappa shape index (κ3) is 6.80. The van der Waals surface area contributed by atoms with Crippen molar-refractivity contribution < 1.29 is 23.5 Å². The van der Waals surface area contributed by atoms with Crippen molar-refractivity contribution in [3.05, 3.63) is 89.7 Å². The van der Waals surface area contributed by atoms with Crippen LogP contribution in [-0.4, -0.2) is 52.0 Å². The monoisotopic (exact) mass is 573 g/mol. The molecule has 2 N–H and O–H groups in total. The number of anilines is 1. The van der Waals surface area contributed by atoms with Gasteiger partial charge in [0.1, 0.15) is 23.4 Å². The van der Waals surface area contributed by atoms with Crippen LogP contribution in [0.2, 0.25) is 0 Å². The number of amidine groups is 2. The molecular formula is C30H28FN5O4S. The van der Waals surface area contributed by atoms with E-state index < -0.39 is 6.04 Å². The average molecular weight is 574 g/mol. The summed E-state index contributed by atoms with van der Waals surface area (Å²) in [4.78, 5) is 49.4. The lowest BCUT2D eigenvalue weighted by Gasteiger charge is -2.25. The van der Waals surface area contributed by atoms with Crippen molar-refractivity contribution in [1.82, 2.24) is 10.2 Å². The van der Waals surface area contributed by atoms with Crippen LogP contribution in [0, 0.1) is 5.82 Å². The summed E-state index contributed by atoms with van der Waals surface area (Å²) in [7, 11) is 0. The Labute approximate surface area is 240 Å². The SMILES string of the molecule is CCOc1ccc(NC(=O)CSC2=Nc3ccccc3C3=N[C@@H](CCC(=O)NCc4ccc(F)cc4)C(=O)N23)cc1. The molecule has 0 fully saturated rings. The van der Waals surface area contributed by atoms with Gasteiger partial charge in [0.15, 0.2) is 5.17 Å². The maximum absolute atomic E-state index is 13.4. The van der Waals surface area contributed by atoms with Gasteiger partial charge >= 0.3 is 0 Å². The maximum Gasteiger partial charge on any atom is 0.259 e. The molecule has 1 atom stereocenters. The second kappa shape index (κ2) is 12.8. The lowest BCUT2D eigenvalue weighted by molar-refractivity contribution is -0.125. The summed E-state index contributed by atoms with van der Waals surface area (Å²) in [6.45, 7) is 2.72. The van der Waals surface area contributed by atoms with Crippen LogP contribution in [0.5, 0.6) is 5.75 Å². The zero-order valence-electron chi connectivity index (χ0n) is 22.3. The number of carbonyl (C=O) groups excluding carboxylic acids is 3. The van der Waals surface area contributed by atoms with Gasteiger partial charge in [0, 0.05) is 24.2 Å². The topological polar surface area (TPSA) is 112 Å². The number of nitrogens with one attached hydrogen (secondary N) is 2. The minimum absolute atomic E-state index is 0.0295. The van der Waals surface area contributed by atoms with E-state index in [2.05, 4.69) is 20.6 Å². The van der Waals surface area contributed by atoms with Crippen LogP contribution in [-0.2, 0) is 20.9 Å². The van der Waals surface area contributed by atoms with Gasteiger partial charge in [-0.1, -0.05) is 36.0 Å². The van der Waals surface area contributed by atoms with Crippen molar-refractivity contribution >= 4 is 51.9 Å². The second-order valence-electron chi connectivity index (χ2n) is 9.29. The lowest BCUT2D eigenvalue weighted by atomic mass is 10.1. The second-order valence-corrected chi connectivity index (χ2v) is 10.2. The van der Waals surface area contributed by atoms with Crippen LogP contribution in [0.15, 0.2) is 82.8 Å². The third-order valence-corrected chi connectivity index (χ3v) is 7.32. The Morgan fingerprint density at radius 2 is 1.78 bits per heavy atom. The van der Waals surface area contributed by atoms with Gasteiger partial charge in [0.25, 0.3) is 5.91 Å². The fourth-order valence-electron chi connectivity index (χ4n) is 4.37. The van der Waals surface area contributed by atoms with E-state index in [-0.39, 0.29) is 48.7 Å². The van der Waals surface area contributed by atoms with E-state index in [9.17, 15) is 18.8 Å². The number of aliphatic imine (C=N–C) groups is 2. The first-order valence-electron chi connectivity index (χ1n) is 13.2. The van der Waals surface area contributed by atoms with E-state index in [0.717, 1.165) is 23.1 Å². The molecule has 0 saturated carbocycles. The zero-order valence-corrected chi connectivity index (χ0v) is 23.1. The Kier molecular flexibility index (Phi) is 8.73. The van der Waals surface area contributed by atoms with Gasteiger partial charge in [0.05, 0.1) is 18.0 Å². The van der Waals surface area contributed by atoms with E-state index >= 15 is 0 Å². The number of para-hydroxylation sites is 1. The fourth-order valence-corrected chi connectivity index (χ4v) is 5.18. The molecule has 3 aromatic rings. The molecule has 3 aromatic carbocycles. The van der Waals surface area contributed by atoms with E-state index in [1.165, 1.54) is 17.0 Å². The number of hydrogen-bond acceptors (Lipinski definition) is 7. The number of nitrogens with zero attached hydrogens (tertiary/aromatic N) is 3. The van der Waals surface area contributed by atoms with Crippen LogP contribution in [0.1, 0.15) is 30.9 Å². The molecule has 0 aliphatic carbocycles. The number of carbonyl (C=O) groups is 3. The largest absolute Gasteiger partial charge is 0.494 e. The van der Waals surface area contributed by atoms with Gasteiger partial charge in [0.2, 0.25) is 11.8 Å². The quantitative estimate of drug-likeness (QED) is 0.367. The predicted molar refractivity (Wildman–Crippen MR) is 157 cm³/mol. The highest BCUT2D eigenvalue weighted by atomic mass is 32.2. The number of amides is 3. The molecule has 210 valence electrons. The van der Waals surface area contributed by atoms with Crippen molar-refractivity contribution in [2.24, 2.45) is 9.98 Å². The number of halogens is 1. The Bertz CT molecular complexity index is 1510. The van der Waals surface area contributed by atoms with Crippen LogP contribution < -0.4 is 15.4 Å². The molecule has 11 heteroatoms. The highest BCUT2D eigenvalue weighted by molar-refractivity contribution is 8.14. The van der Waals surface area contributed by atoms with Crippen LogP contribution in [0.4, 0.5) is 15.8 Å². The van der Waals surface area contributed by atoms with Crippen LogP contribution >= 0.6 is 11.8 Å². The molecule has 0 spiro atoms. The predicted octanol–water partition coefficient (Wildman–Crippen LogP) is 4.65. The van der Waals surface area contributed by atoms with Crippen LogP contribution in [0.3, 0.4) is 0 Å². The zero-order chi connectivity index (χ0) is 28.8. The Balaban J connectivity index is 1.21. The van der Waals surface area contributed by atoms with Crippen molar-refractivity contribution in [1.29, 1.82) is 0 Å². The van der Waals surface area contributed by atoms with Gasteiger partial charge in [-0.2, -0.15) is 0 Å². The molecule has 2 aliphatic rings. The maximum atomic E-state index is 13.4. The van der Waals surface area contributed by atoms with Gasteiger partial charge in [-0.25, -0.2) is 14.3 Å². The summed E-state index contributed by atoms with van der Waals surface area (Å²) in [5, 5.41) is 5.99. The van der Waals surface area contributed by atoms with E-state index in [1.807, 2.05) is 31.2 Å². The van der Waals surface area contributed by atoms with Gasteiger partial charge in [-0.3, -0.25) is 19.4 Å². The Morgan fingerprint density at radius 3 is 2.54 bits per heavy atom. The lowest BCUT2D eigenvalue weighted by Crippen LogP contribution is -2.41. The number of ether oxygens (including phenoxy) is 1. The number of benzene rings is 3. The highest BCUT2D eigenvalue weighted by Crippen LogP contribution is 2.34. The summed E-state index contributed by atoms with van der Waals surface area (Å²) in [6.07, 6.45) is 0.306. The molecule has 9 nitrogen and oxygen atoms in total. The number of rotatable bonds is 10. The first kappa shape index (κ1) is 28.0. The molecule has 2 aliphatic heterocycles. The first-order chi connectivity index (χ1) is 19.9. The molecule has 0 aromatic heterocycles. The Morgan fingerprint density at radius 1 is 1.02 bits per heavy atom. The third-order valence-electron chi connectivity index (χ3n) is 6.38. The number of fused-ring (bicyclic) bond motifs is 3. The minimum atomic E-state index is -0.754. The summed E-state index contributed by atoms with van der Waals surface area (Å²) >= 11 is 1.14. The molecule has 0 saturated heterocycles. The molecular weight excluding hydrogens is 545 g/mol. The number of hydrogen-bond donors (Lipinski definition) is 2. The molecule has 0 bridgehead atoms. The van der Waals surface area contributed by atoms with Crippen molar-refractivity contribution in [2.75, 3.05) is 17.7 Å². The van der Waals surface area contributed by atoms with E-state index in [1.54, 1.807) is 36.4 Å². The van der Waals surface area contributed by atoms with Gasteiger partial charge in [-0.15, -0.1) is 0 Å². The summed E-state index contributed by atoms with van der Waals surface area (Å²) in [5.41, 5.74) is 2.78. The molecule has 41 heavy (non-hydrogen) atoms. The Hall–Kier alpha value is -4.51. The average Bonchev–Trinajstić information content (AvgIpc) is 3.32. The van der Waals surface area contributed by atoms with Crippen molar-refractivity contribution in [3.8, 4) is 5.75 Å². The molecule has 0 unspecified atom stereocenters. The summed E-state index contributed by atoms with van der Waals surface area (Å²) in [5.74, 6) is 0.0929. The molecule has 3 amide bonds. The van der Waals surface area contributed by atoms with Crippen LogP contribution in [0.25, 0.3) is 0 Å². The van der Waals surface area contributed by atoms with E-state index in [0.29, 0.717) is 34.5 Å². The normalized spacial score (nSPS) is 15.4. The smallest absolute Gasteiger partial charge is 0.259 e. The minimum Gasteiger partial charge on any atom is -0.494 e. The fraction of sp³-hybridized carbons (Fsp3) is 0.233. The first-order valence-corrected chi connectivity index (χ1v) is 14.2. The van der Waals surface area contributed by atoms with Gasteiger partial charge < -0.3 is 15.4 Å². The van der Waals surface area contributed by atoms with Gasteiger partial charge in [-0.05, 0) is 67.4 Å². The summed E-state index contributed by atoms with van der Waals surface area (Å²) in [6, 6.07) is 19.6. The molecule has 5 rings (SSSR count). The van der Waals surface area contributed by atoms with Crippen molar-refractivity contribution in [2.45, 2.75) is 32.4 Å². The standard InChI is InChI=1S/C30H28FN5O4S/c1-2-40-22-13-11-21(12-14-22)33-27(38)18-41-30-35-24-6-4-3-5-23(24)28-34-25(29(39)36(28)30)15-16-26(37)32-17-19-7-9-20(31)10-8-19/h3-14,25H,2,15-18H2,1H3,(H,32,37)(H,33,38)/t25-/m0/s1. The summed E-state index contributed by atoms with van der Waals surface area (Å²) < 4.78 is 18.5. The van der Waals surface area contributed by atoms with Crippen molar-refractivity contribution in [3.63, 3.8) is 0 Å². The highest BCUT2D eigenvalue weighted by Gasteiger charge is 2.41. The number of thioether (sulfide) groups is 1. The molecule has 0 radical (unpaired) electrons. The molecule has 2 heterocycles.